The molecule has 1 saturated carbocycles. The molecule has 0 nitrogen and oxygen atoms in total. The third kappa shape index (κ3) is 2.54. The summed E-state index contributed by atoms with van der Waals surface area (Å²) in [6.07, 6.45) is 5.62. The Bertz CT molecular complexity index is 553. The predicted molar refractivity (Wildman–Crippen MR) is 83.5 cm³/mol. The maximum absolute atomic E-state index is 2.43. The lowest BCUT2D eigenvalue weighted by atomic mass is 9.70. The van der Waals surface area contributed by atoms with Crippen molar-refractivity contribution >= 4 is 10.8 Å². The van der Waals surface area contributed by atoms with E-state index in [1.165, 1.54) is 36.5 Å². The van der Waals surface area contributed by atoms with Crippen LogP contribution in [-0.4, -0.2) is 0 Å². The van der Waals surface area contributed by atoms with Gasteiger partial charge in [-0.05, 0) is 46.9 Å². The SMILES string of the molecule is CC(C)C1CCCCC1c1ccc2ccccc2c1. The average molecular weight is 252 g/mol. The maximum atomic E-state index is 2.43. The summed E-state index contributed by atoms with van der Waals surface area (Å²) >= 11 is 0. The van der Waals surface area contributed by atoms with Gasteiger partial charge >= 0.3 is 0 Å². The van der Waals surface area contributed by atoms with Gasteiger partial charge in [0.25, 0.3) is 0 Å². The lowest BCUT2D eigenvalue weighted by Gasteiger charge is -2.35. The average Bonchev–Trinajstić information content (AvgIpc) is 2.46. The summed E-state index contributed by atoms with van der Waals surface area (Å²) in [5.41, 5.74) is 1.57. The van der Waals surface area contributed by atoms with E-state index in [-0.39, 0.29) is 0 Å². The maximum Gasteiger partial charge on any atom is -0.0131 e. The number of benzene rings is 2. The Balaban J connectivity index is 1.97. The van der Waals surface area contributed by atoms with E-state index >= 15 is 0 Å². The molecule has 2 unspecified atom stereocenters. The van der Waals surface area contributed by atoms with Gasteiger partial charge in [0, 0.05) is 0 Å². The summed E-state index contributed by atoms with van der Waals surface area (Å²) in [5, 5.41) is 2.76. The lowest BCUT2D eigenvalue weighted by Crippen LogP contribution is -2.22. The van der Waals surface area contributed by atoms with E-state index in [4.69, 9.17) is 0 Å². The highest BCUT2D eigenvalue weighted by atomic mass is 14.3. The van der Waals surface area contributed by atoms with Crippen LogP contribution in [0.4, 0.5) is 0 Å². The van der Waals surface area contributed by atoms with E-state index in [1.54, 1.807) is 5.56 Å². The van der Waals surface area contributed by atoms with Crippen molar-refractivity contribution in [1.82, 2.24) is 0 Å². The van der Waals surface area contributed by atoms with Crippen LogP contribution >= 0.6 is 0 Å². The summed E-state index contributed by atoms with van der Waals surface area (Å²) < 4.78 is 0. The summed E-state index contributed by atoms with van der Waals surface area (Å²) in [4.78, 5) is 0. The highest BCUT2D eigenvalue weighted by Gasteiger charge is 2.28. The Morgan fingerprint density at radius 3 is 2.42 bits per heavy atom. The lowest BCUT2D eigenvalue weighted by molar-refractivity contribution is 0.238. The van der Waals surface area contributed by atoms with E-state index in [9.17, 15) is 0 Å². The topological polar surface area (TPSA) is 0 Å². The molecule has 0 heteroatoms. The molecule has 0 aromatic heterocycles. The molecule has 2 atom stereocenters. The molecule has 0 bridgehead atoms. The molecular weight excluding hydrogens is 228 g/mol. The first-order valence-corrected chi connectivity index (χ1v) is 7.74. The van der Waals surface area contributed by atoms with Gasteiger partial charge in [-0.1, -0.05) is 69.2 Å². The summed E-state index contributed by atoms with van der Waals surface area (Å²) in [5.74, 6) is 2.45. The van der Waals surface area contributed by atoms with Crippen molar-refractivity contribution in [3.63, 3.8) is 0 Å². The Hall–Kier alpha value is -1.30. The fourth-order valence-electron chi connectivity index (χ4n) is 3.81. The zero-order chi connectivity index (χ0) is 13.2. The molecule has 2 aromatic carbocycles. The summed E-state index contributed by atoms with van der Waals surface area (Å²) in [7, 11) is 0. The third-order valence-corrected chi connectivity index (χ3v) is 4.88. The van der Waals surface area contributed by atoms with Crippen molar-refractivity contribution in [2.75, 3.05) is 0 Å². The van der Waals surface area contributed by atoms with Gasteiger partial charge in [-0.3, -0.25) is 0 Å². The van der Waals surface area contributed by atoms with Crippen LogP contribution in [0.15, 0.2) is 42.5 Å². The minimum atomic E-state index is 0.776. The zero-order valence-corrected chi connectivity index (χ0v) is 12.1. The van der Waals surface area contributed by atoms with E-state index in [0.29, 0.717) is 0 Å². The second-order valence-corrected chi connectivity index (χ2v) is 6.41. The van der Waals surface area contributed by atoms with Crippen LogP contribution in [0.1, 0.15) is 51.0 Å². The largest absolute Gasteiger partial charge is 0.0625 e. The minimum absolute atomic E-state index is 0.776. The van der Waals surface area contributed by atoms with Crippen LogP contribution in [0.2, 0.25) is 0 Å². The highest BCUT2D eigenvalue weighted by molar-refractivity contribution is 5.83. The van der Waals surface area contributed by atoms with Gasteiger partial charge in [-0.15, -0.1) is 0 Å². The van der Waals surface area contributed by atoms with Crippen molar-refractivity contribution < 1.29 is 0 Å². The van der Waals surface area contributed by atoms with Crippen LogP contribution < -0.4 is 0 Å². The molecule has 0 amide bonds. The normalized spacial score (nSPS) is 23.9. The Morgan fingerprint density at radius 1 is 0.895 bits per heavy atom. The van der Waals surface area contributed by atoms with Crippen molar-refractivity contribution in [3.05, 3.63) is 48.0 Å². The second kappa shape index (κ2) is 5.36. The van der Waals surface area contributed by atoms with E-state index < -0.39 is 0 Å². The van der Waals surface area contributed by atoms with Gasteiger partial charge in [-0.2, -0.15) is 0 Å². The van der Waals surface area contributed by atoms with Crippen LogP contribution in [0.5, 0.6) is 0 Å². The van der Waals surface area contributed by atoms with E-state index in [0.717, 1.165) is 17.8 Å². The first kappa shape index (κ1) is 12.7. The molecule has 0 heterocycles. The van der Waals surface area contributed by atoms with Gasteiger partial charge in [0.1, 0.15) is 0 Å². The fourth-order valence-corrected chi connectivity index (χ4v) is 3.81. The zero-order valence-electron chi connectivity index (χ0n) is 12.1. The van der Waals surface area contributed by atoms with E-state index in [1.807, 2.05) is 0 Å². The van der Waals surface area contributed by atoms with Gasteiger partial charge in [0.15, 0.2) is 0 Å². The molecule has 3 rings (SSSR count). The van der Waals surface area contributed by atoms with Crippen LogP contribution in [-0.2, 0) is 0 Å². The van der Waals surface area contributed by atoms with Crippen LogP contribution in [0, 0.1) is 11.8 Å². The quantitative estimate of drug-likeness (QED) is 0.636. The molecule has 0 radical (unpaired) electrons. The molecule has 0 N–H and O–H groups in total. The third-order valence-electron chi connectivity index (χ3n) is 4.88. The predicted octanol–water partition coefficient (Wildman–Crippen LogP) is 5.77. The summed E-state index contributed by atoms with van der Waals surface area (Å²) in [6.45, 7) is 4.79. The molecule has 1 aliphatic carbocycles. The summed E-state index contributed by atoms with van der Waals surface area (Å²) in [6, 6.07) is 15.8. The Labute approximate surface area is 116 Å². The van der Waals surface area contributed by atoms with Crippen LogP contribution in [0.25, 0.3) is 10.8 Å². The van der Waals surface area contributed by atoms with Gasteiger partial charge < -0.3 is 0 Å². The number of hydrogen-bond acceptors (Lipinski definition) is 0. The Morgan fingerprint density at radius 2 is 1.63 bits per heavy atom. The molecule has 1 fully saturated rings. The molecule has 1 aliphatic rings. The number of rotatable bonds is 2. The second-order valence-electron chi connectivity index (χ2n) is 6.41. The minimum Gasteiger partial charge on any atom is -0.0625 e. The molecule has 0 saturated heterocycles. The fraction of sp³-hybridized carbons (Fsp3) is 0.474. The van der Waals surface area contributed by atoms with Gasteiger partial charge in [-0.25, -0.2) is 0 Å². The molecule has 100 valence electrons. The van der Waals surface area contributed by atoms with Crippen molar-refractivity contribution in [2.24, 2.45) is 11.8 Å². The van der Waals surface area contributed by atoms with Crippen molar-refractivity contribution in [3.8, 4) is 0 Å². The first-order chi connectivity index (χ1) is 9.25. The standard InChI is InChI=1S/C19H24/c1-14(2)18-9-5-6-10-19(18)17-12-11-15-7-3-4-8-16(15)13-17/h3-4,7-8,11-14,18-19H,5-6,9-10H2,1-2H3. The molecular formula is C19H24. The number of hydrogen-bond donors (Lipinski definition) is 0. The first-order valence-electron chi connectivity index (χ1n) is 7.74. The van der Waals surface area contributed by atoms with Crippen LogP contribution in [0.3, 0.4) is 0 Å². The van der Waals surface area contributed by atoms with Crippen molar-refractivity contribution in [2.45, 2.75) is 45.4 Å². The Kier molecular flexibility index (Phi) is 3.59. The van der Waals surface area contributed by atoms with Crippen molar-refractivity contribution in [1.29, 1.82) is 0 Å². The highest BCUT2D eigenvalue weighted by Crippen LogP contribution is 2.42. The molecule has 19 heavy (non-hydrogen) atoms. The smallest absolute Gasteiger partial charge is 0.0131 e. The molecule has 0 aliphatic heterocycles. The van der Waals surface area contributed by atoms with Gasteiger partial charge in [0.2, 0.25) is 0 Å². The molecule has 0 spiro atoms. The molecule has 2 aromatic rings. The number of fused-ring (bicyclic) bond motifs is 1. The van der Waals surface area contributed by atoms with Gasteiger partial charge in [0.05, 0.1) is 0 Å². The van der Waals surface area contributed by atoms with E-state index in [2.05, 4.69) is 56.3 Å². The monoisotopic (exact) mass is 252 g/mol.